The van der Waals surface area contributed by atoms with Crippen LogP contribution >= 0.6 is 0 Å². The first-order chi connectivity index (χ1) is 14.4. The molecule has 2 fully saturated rings. The minimum Gasteiger partial charge on any atom is -0.507 e. The molecule has 5 rings (SSSR count). The lowest BCUT2D eigenvalue weighted by Gasteiger charge is -2.50. The Balaban J connectivity index is 1.50. The third-order valence-corrected chi connectivity index (χ3v) is 8.39. The predicted molar refractivity (Wildman–Crippen MR) is 115 cm³/mol. The van der Waals surface area contributed by atoms with Gasteiger partial charge in [-0.3, -0.25) is 4.79 Å². The zero-order valence-corrected chi connectivity index (χ0v) is 17.7. The molecule has 2 saturated carbocycles. The molecule has 0 bridgehead atoms. The molecule has 0 radical (unpaired) electrons. The number of aromatic hydroxyl groups is 1. The Morgan fingerprint density at radius 1 is 1.10 bits per heavy atom. The number of phenolic OH excluding ortho intramolecular Hbond substituents is 1. The molecule has 4 heteroatoms. The van der Waals surface area contributed by atoms with Crippen molar-refractivity contribution in [2.45, 2.75) is 57.5 Å². The fraction of sp³-hybridized carbons (Fsp3) is 0.500. The highest BCUT2D eigenvalue weighted by Crippen LogP contribution is 2.61. The topological polar surface area (TPSA) is 66.8 Å². The molecule has 0 unspecified atom stereocenters. The lowest BCUT2D eigenvalue weighted by molar-refractivity contribution is -0.0226. The highest BCUT2D eigenvalue weighted by Gasteiger charge is 2.54. The number of fused-ring (bicyclic) bond motifs is 5. The van der Waals surface area contributed by atoms with Crippen molar-refractivity contribution in [1.82, 2.24) is 0 Å². The van der Waals surface area contributed by atoms with Gasteiger partial charge in [0.1, 0.15) is 11.5 Å². The van der Waals surface area contributed by atoms with Gasteiger partial charge < -0.3 is 14.9 Å². The van der Waals surface area contributed by atoms with Gasteiger partial charge in [0.2, 0.25) is 0 Å². The number of benzene rings is 2. The maximum Gasteiger partial charge on any atom is 0.196 e. The summed E-state index contributed by atoms with van der Waals surface area (Å²) >= 11 is 0. The number of ether oxygens (including phenoxy) is 1. The smallest absolute Gasteiger partial charge is 0.196 e. The first kappa shape index (κ1) is 19.6. The molecule has 0 aromatic heterocycles. The summed E-state index contributed by atoms with van der Waals surface area (Å²) in [5.41, 5.74) is 3.40. The van der Waals surface area contributed by atoms with Crippen molar-refractivity contribution in [2.24, 2.45) is 17.3 Å². The molecular formula is C26H30O4. The van der Waals surface area contributed by atoms with Gasteiger partial charge in [0.05, 0.1) is 18.8 Å². The molecule has 0 saturated heterocycles. The van der Waals surface area contributed by atoms with Crippen LogP contribution in [0.5, 0.6) is 11.5 Å². The minimum atomic E-state index is -0.183. The van der Waals surface area contributed by atoms with Crippen LogP contribution in [0.25, 0.3) is 0 Å². The summed E-state index contributed by atoms with van der Waals surface area (Å²) in [6.07, 6.45) is 5.94. The second kappa shape index (κ2) is 7.12. The Bertz CT molecular complexity index is 979. The zero-order chi connectivity index (χ0) is 21.0. The number of aliphatic hydroxyl groups is 1. The van der Waals surface area contributed by atoms with E-state index in [0.29, 0.717) is 34.6 Å². The Morgan fingerprint density at radius 2 is 1.87 bits per heavy atom. The molecule has 5 atom stereocenters. The normalized spacial score (nSPS) is 32.1. The third-order valence-electron chi connectivity index (χ3n) is 8.39. The van der Waals surface area contributed by atoms with E-state index in [0.717, 1.165) is 38.5 Å². The van der Waals surface area contributed by atoms with Crippen molar-refractivity contribution in [2.75, 3.05) is 7.11 Å². The van der Waals surface area contributed by atoms with Gasteiger partial charge in [-0.1, -0.05) is 6.92 Å². The first-order valence-corrected chi connectivity index (χ1v) is 11.1. The van der Waals surface area contributed by atoms with Gasteiger partial charge in [0.15, 0.2) is 5.78 Å². The lowest BCUT2D eigenvalue weighted by Crippen LogP contribution is -2.44. The summed E-state index contributed by atoms with van der Waals surface area (Å²) in [5.74, 6) is 2.14. The maximum absolute atomic E-state index is 13.2. The van der Waals surface area contributed by atoms with Gasteiger partial charge >= 0.3 is 0 Å². The first-order valence-electron chi connectivity index (χ1n) is 11.1. The molecule has 2 N–H and O–H groups in total. The third kappa shape index (κ3) is 2.88. The second-order valence-corrected chi connectivity index (χ2v) is 9.68. The van der Waals surface area contributed by atoms with Gasteiger partial charge in [-0.05, 0) is 109 Å². The number of phenols is 1. The van der Waals surface area contributed by atoms with E-state index < -0.39 is 0 Å². The van der Waals surface area contributed by atoms with Crippen molar-refractivity contribution in [3.8, 4) is 11.5 Å². The number of ketones is 1. The van der Waals surface area contributed by atoms with Crippen LogP contribution in [0.1, 0.15) is 72.0 Å². The molecule has 0 aliphatic heterocycles. The summed E-state index contributed by atoms with van der Waals surface area (Å²) in [4.78, 5) is 13.2. The maximum atomic E-state index is 13.2. The number of carbonyl (C=O) groups excluding carboxylic acids is 1. The molecule has 2 aromatic rings. The van der Waals surface area contributed by atoms with Crippen molar-refractivity contribution in [1.29, 1.82) is 0 Å². The minimum absolute atomic E-state index is 0.0390. The van der Waals surface area contributed by atoms with E-state index in [9.17, 15) is 15.0 Å². The molecule has 2 aromatic carbocycles. The standard InChI is InChI=1S/C26H30O4/c1-26-12-11-18-19(22(26)9-10-24(26)28)8-5-16-13-23(27)21(14-20(16)18)25(29)15-3-6-17(30-2)7-4-15/h3-4,6-7,13-14,18-19,22,24,27-28H,5,8-12H2,1-2H3/t18-,19+,22-,24-,26-/m0/s1. The van der Waals surface area contributed by atoms with Crippen LogP contribution in [0.3, 0.4) is 0 Å². The average Bonchev–Trinajstić information content (AvgIpc) is 3.07. The fourth-order valence-electron chi connectivity index (χ4n) is 6.66. The highest BCUT2D eigenvalue weighted by atomic mass is 16.5. The number of hydrogen-bond acceptors (Lipinski definition) is 4. The van der Waals surface area contributed by atoms with E-state index in [1.165, 1.54) is 11.1 Å². The zero-order valence-electron chi connectivity index (χ0n) is 17.7. The monoisotopic (exact) mass is 406 g/mol. The summed E-state index contributed by atoms with van der Waals surface area (Å²) in [5, 5.41) is 21.2. The van der Waals surface area contributed by atoms with Crippen LogP contribution in [-0.4, -0.2) is 29.2 Å². The van der Waals surface area contributed by atoms with Crippen LogP contribution in [0, 0.1) is 17.3 Å². The Labute approximate surface area is 177 Å². The van der Waals surface area contributed by atoms with Crippen LogP contribution in [0.4, 0.5) is 0 Å². The van der Waals surface area contributed by atoms with Gasteiger partial charge in [-0.2, -0.15) is 0 Å². The van der Waals surface area contributed by atoms with E-state index in [4.69, 9.17) is 4.74 Å². The van der Waals surface area contributed by atoms with E-state index in [1.807, 2.05) is 12.1 Å². The number of aryl methyl sites for hydroxylation is 1. The molecule has 3 aliphatic rings. The van der Waals surface area contributed by atoms with Gasteiger partial charge in [-0.15, -0.1) is 0 Å². The van der Waals surface area contributed by atoms with Gasteiger partial charge in [-0.25, -0.2) is 0 Å². The van der Waals surface area contributed by atoms with Crippen LogP contribution in [0.15, 0.2) is 36.4 Å². The average molecular weight is 407 g/mol. The van der Waals surface area contributed by atoms with E-state index in [2.05, 4.69) is 6.92 Å². The summed E-state index contributed by atoms with van der Waals surface area (Å²) in [7, 11) is 1.60. The summed E-state index contributed by atoms with van der Waals surface area (Å²) < 4.78 is 5.18. The number of hydrogen-bond donors (Lipinski definition) is 2. The van der Waals surface area contributed by atoms with Crippen LogP contribution < -0.4 is 4.74 Å². The van der Waals surface area contributed by atoms with Crippen LogP contribution in [0.2, 0.25) is 0 Å². The molecule has 0 amide bonds. The van der Waals surface area contributed by atoms with Crippen molar-refractivity contribution in [3.05, 3.63) is 58.7 Å². The molecule has 30 heavy (non-hydrogen) atoms. The van der Waals surface area contributed by atoms with E-state index in [-0.39, 0.29) is 23.1 Å². The number of carbonyl (C=O) groups is 1. The quantitative estimate of drug-likeness (QED) is 0.715. The number of aliphatic hydroxyl groups excluding tert-OH is 1. The van der Waals surface area contributed by atoms with E-state index in [1.54, 1.807) is 31.4 Å². The number of methoxy groups -OCH3 is 1. The van der Waals surface area contributed by atoms with Crippen molar-refractivity contribution < 1.29 is 19.7 Å². The Kier molecular flexibility index (Phi) is 4.66. The molecule has 158 valence electrons. The van der Waals surface area contributed by atoms with Gasteiger partial charge in [0, 0.05) is 5.56 Å². The summed E-state index contributed by atoms with van der Waals surface area (Å²) in [6.45, 7) is 2.27. The Morgan fingerprint density at radius 3 is 2.60 bits per heavy atom. The Hall–Kier alpha value is -2.33. The lowest BCUT2D eigenvalue weighted by atomic mass is 9.55. The van der Waals surface area contributed by atoms with Crippen molar-refractivity contribution >= 4 is 5.78 Å². The van der Waals surface area contributed by atoms with Crippen LogP contribution in [-0.2, 0) is 6.42 Å². The molecule has 0 heterocycles. The summed E-state index contributed by atoms with van der Waals surface area (Å²) in [6, 6.07) is 10.8. The van der Waals surface area contributed by atoms with E-state index >= 15 is 0 Å². The predicted octanol–water partition coefficient (Wildman–Crippen LogP) is 4.85. The molecule has 0 spiro atoms. The fourth-order valence-corrected chi connectivity index (χ4v) is 6.66. The second-order valence-electron chi connectivity index (χ2n) is 9.68. The molecule has 3 aliphatic carbocycles. The molecule has 4 nitrogen and oxygen atoms in total. The SMILES string of the molecule is COc1ccc(C(=O)c2cc3c(cc2O)CC[C@@H]2[C@@H]3CC[C@]3(C)[C@@H](O)CC[C@@H]23)cc1. The van der Waals surface area contributed by atoms with Crippen molar-refractivity contribution in [3.63, 3.8) is 0 Å². The highest BCUT2D eigenvalue weighted by molar-refractivity contribution is 6.10. The number of rotatable bonds is 3. The van der Waals surface area contributed by atoms with Gasteiger partial charge in [0.25, 0.3) is 0 Å². The largest absolute Gasteiger partial charge is 0.507 e. The molecular weight excluding hydrogens is 376 g/mol.